The number of ether oxygens (including phenoxy) is 1. The van der Waals surface area contributed by atoms with Crippen LogP contribution in [0, 0.1) is 23.7 Å². The summed E-state index contributed by atoms with van der Waals surface area (Å²) in [4.78, 5) is 29.7. The van der Waals surface area contributed by atoms with Gasteiger partial charge in [-0.25, -0.2) is 0 Å². The van der Waals surface area contributed by atoms with Crippen molar-refractivity contribution in [1.29, 1.82) is 0 Å². The first-order chi connectivity index (χ1) is 11.1. The first-order valence-corrected chi connectivity index (χ1v) is 9.32. The van der Waals surface area contributed by atoms with E-state index in [9.17, 15) is 9.59 Å². The van der Waals surface area contributed by atoms with Gasteiger partial charge in [-0.05, 0) is 38.0 Å². The maximum atomic E-state index is 12.9. The van der Waals surface area contributed by atoms with Crippen molar-refractivity contribution in [3.63, 3.8) is 0 Å². The highest BCUT2D eigenvalue weighted by Crippen LogP contribution is 2.39. The summed E-state index contributed by atoms with van der Waals surface area (Å²) in [5.74, 6) is 1.65. The minimum absolute atomic E-state index is 0.0456. The molecule has 0 unspecified atom stereocenters. The zero-order valence-electron chi connectivity index (χ0n) is 14.1. The lowest BCUT2D eigenvalue weighted by Gasteiger charge is -2.43. The van der Waals surface area contributed by atoms with Gasteiger partial charge in [-0.2, -0.15) is 0 Å². The Bertz CT molecular complexity index is 483. The van der Waals surface area contributed by atoms with Gasteiger partial charge in [-0.1, -0.05) is 6.92 Å². The lowest BCUT2D eigenvalue weighted by atomic mass is 9.74. The molecule has 2 amide bonds. The molecule has 4 rings (SSSR count). The number of hydrogen-bond acceptors (Lipinski definition) is 3. The van der Waals surface area contributed by atoms with Crippen LogP contribution in [-0.4, -0.2) is 60.5 Å². The molecular weight excluding hydrogens is 292 g/mol. The van der Waals surface area contributed by atoms with E-state index in [0.717, 1.165) is 51.8 Å². The lowest BCUT2D eigenvalue weighted by molar-refractivity contribution is -0.151. The van der Waals surface area contributed by atoms with E-state index in [-0.39, 0.29) is 29.8 Å². The van der Waals surface area contributed by atoms with Crippen LogP contribution < -0.4 is 0 Å². The number of piperidine rings is 1. The second-order valence-corrected chi connectivity index (χ2v) is 8.02. The fourth-order valence-electron chi connectivity index (χ4n) is 4.95. The van der Waals surface area contributed by atoms with Crippen molar-refractivity contribution < 1.29 is 14.3 Å². The van der Waals surface area contributed by atoms with Crippen molar-refractivity contribution in [2.45, 2.75) is 45.1 Å². The second-order valence-electron chi connectivity index (χ2n) is 8.02. The SMILES string of the molecule is CC1CC(C(=O)N2C[C@H](C(=O)N3CCCC3)[C@@H]3CCO[C@@H]3C2)C1. The van der Waals surface area contributed by atoms with Crippen LogP contribution in [0.2, 0.25) is 0 Å². The molecule has 0 N–H and O–H groups in total. The van der Waals surface area contributed by atoms with Crippen LogP contribution in [0.15, 0.2) is 0 Å². The average Bonchev–Trinajstić information content (AvgIpc) is 3.20. The first kappa shape index (κ1) is 15.4. The Morgan fingerprint density at radius 3 is 2.43 bits per heavy atom. The van der Waals surface area contributed by atoms with Crippen LogP contribution in [0.3, 0.4) is 0 Å². The highest BCUT2D eigenvalue weighted by atomic mass is 16.5. The minimum atomic E-state index is -0.0456. The van der Waals surface area contributed by atoms with E-state index < -0.39 is 0 Å². The molecule has 3 heterocycles. The van der Waals surface area contributed by atoms with E-state index in [1.165, 1.54) is 0 Å². The third-order valence-corrected chi connectivity index (χ3v) is 6.36. The summed E-state index contributed by atoms with van der Waals surface area (Å²) in [5, 5.41) is 0. The Morgan fingerprint density at radius 1 is 1.00 bits per heavy atom. The number of rotatable bonds is 2. The van der Waals surface area contributed by atoms with E-state index in [0.29, 0.717) is 24.9 Å². The second kappa shape index (κ2) is 6.08. The van der Waals surface area contributed by atoms with Crippen LogP contribution in [0.1, 0.15) is 39.0 Å². The molecule has 3 aliphatic heterocycles. The monoisotopic (exact) mass is 320 g/mol. The molecule has 0 aromatic rings. The van der Waals surface area contributed by atoms with Gasteiger partial charge < -0.3 is 14.5 Å². The third-order valence-electron chi connectivity index (χ3n) is 6.36. The lowest BCUT2D eigenvalue weighted by Crippen LogP contribution is -2.56. The molecule has 3 atom stereocenters. The average molecular weight is 320 g/mol. The standard InChI is InChI=1S/C18H28N2O3/c1-12-8-13(9-12)17(21)20-10-15(14-4-7-23-16(14)11-20)18(22)19-5-2-3-6-19/h12-16H,2-11H2,1H3/t12?,13?,14-,15-,16+/m0/s1. The number of hydrogen-bond donors (Lipinski definition) is 0. The van der Waals surface area contributed by atoms with Crippen LogP contribution in [0.5, 0.6) is 0 Å². The van der Waals surface area contributed by atoms with Gasteiger partial charge in [-0.15, -0.1) is 0 Å². The number of nitrogens with zero attached hydrogens (tertiary/aromatic N) is 2. The predicted molar refractivity (Wildman–Crippen MR) is 85.6 cm³/mol. The summed E-state index contributed by atoms with van der Waals surface area (Å²) in [6.45, 7) is 6.03. The number of amides is 2. The molecule has 0 aromatic carbocycles. The van der Waals surface area contributed by atoms with Gasteiger partial charge in [0.25, 0.3) is 0 Å². The Labute approximate surface area is 138 Å². The van der Waals surface area contributed by atoms with E-state index in [2.05, 4.69) is 6.92 Å². The van der Waals surface area contributed by atoms with Crippen molar-refractivity contribution >= 4 is 11.8 Å². The topological polar surface area (TPSA) is 49.9 Å². The van der Waals surface area contributed by atoms with Crippen molar-refractivity contribution in [1.82, 2.24) is 9.80 Å². The number of fused-ring (bicyclic) bond motifs is 1. The zero-order valence-corrected chi connectivity index (χ0v) is 14.1. The molecule has 4 aliphatic rings. The fourth-order valence-corrected chi connectivity index (χ4v) is 4.95. The van der Waals surface area contributed by atoms with E-state index in [4.69, 9.17) is 4.74 Å². The summed E-state index contributed by atoms with van der Waals surface area (Å²) in [5.41, 5.74) is 0. The van der Waals surface area contributed by atoms with Gasteiger partial charge in [-0.3, -0.25) is 9.59 Å². The fraction of sp³-hybridized carbons (Fsp3) is 0.889. The maximum Gasteiger partial charge on any atom is 0.227 e. The molecule has 23 heavy (non-hydrogen) atoms. The zero-order chi connectivity index (χ0) is 16.0. The van der Waals surface area contributed by atoms with Crippen LogP contribution in [-0.2, 0) is 14.3 Å². The normalized spacial score (nSPS) is 40.0. The molecule has 128 valence electrons. The Kier molecular flexibility index (Phi) is 4.08. The van der Waals surface area contributed by atoms with Gasteiger partial charge in [0, 0.05) is 44.6 Å². The molecule has 0 bridgehead atoms. The largest absolute Gasteiger partial charge is 0.376 e. The summed E-state index contributed by atoms with van der Waals surface area (Å²) in [6, 6.07) is 0. The van der Waals surface area contributed by atoms with Gasteiger partial charge in [0.05, 0.1) is 12.0 Å². The van der Waals surface area contributed by atoms with Crippen molar-refractivity contribution in [2.24, 2.45) is 23.7 Å². The van der Waals surface area contributed by atoms with Gasteiger partial charge >= 0.3 is 0 Å². The number of likely N-dealkylation sites (tertiary alicyclic amines) is 2. The molecule has 1 saturated carbocycles. The van der Waals surface area contributed by atoms with Crippen LogP contribution in [0.4, 0.5) is 0 Å². The van der Waals surface area contributed by atoms with Gasteiger partial charge in [0.2, 0.25) is 11.8 Å². The molecule has 0 aromatic heterocycles. The van der Waals surface area contributed by atoms with E-state index in [1.54, 1.807) is 0 Å². The smallest absolute Gasteiger partial charge is 0.227 e. The summed E-state index contributed by atoms with van der Waals surface area (Å²) < 4.78 is 5.87. The van der Waals surface area contributed by atoms with Crippen molar-refractivity contribution in [2.75, 3.05) is 32.8 Å². The molecule has 5 nitrogen and oxygen atoms in total. The highest BCUT2D eigenvalue weighted by molar-refractivity contribution is 5.83. The maximum absolute atomic E-state index is 12.9. The van der Waals surface area contributed by atoms with Crippen LogP contribution >= 0.6 is 0 Å². The third kappa shape index (κ3) is 2.77. The Hall–Kier alpha value is -1.10. The molecule has 3 saturated heterocycles. The highest BCUT2D eigenvalue weighted by Gasteiger charge is 2.47. The summed E-state index contributed by atoms with van der Waals surface area (Å²) in [7, 11) is 0. The Balaban J connectivity index is 1.47. The van der Waals surface area contributed by atoms with E-state index >= 15 is 0 Å². The Morgan fingerprint density at radius 2 is 1.74 bits per heavy atom. The minimum Gasteiger partial charge on any atom is -0.376 e. The quantitative estimate of drug-likeness (QED) is 0.775. The number of carbonyl (C=O) groups excluding carboxylic acids is 2. The summed E-state index contributed by atoms with van der Waals surface area (Å²) >= 11 is 0. The molecule has 4 fully saturated rings. The van der Waals surface area contributed by atoms with Crippen molar-refractivity contribution in [3.8, 4) is 0 Å². The summed E-state index contributed by atoms with van der Waals surface area (Å²) in [6.07, 6.45) is 5.29. The van der Waals surface area contributed by atoms with Crippen LogP contribution in [0.25, 0.3) is 0 Å². The molecule has 5 heteroatoms. The first-order valence-electron chi connectivity index (χ1n) is 9.32. The molecular formula is C18H28N2O3. The molecule has 0 radical (unpaired) electrons. The van der Waals surface area contributed by atoms with Gasteiger partial charge in [0.1, 0.15) is 0 Å². The number of carbonyl (C=O) groups is 2. The van der Waals surface area contributed by atoms with Crippen molar-refractivity contribution in [3.05, 3.63) is 0 Å². The predicted octanol–water partition coefficient (Wildman–Crippen LogP) is 1.52. The van der Waals surface area contributed by atoms with Gasteiger partial charge in [0.15, 0.2) is 0 Å². The molecule has 1 aliphatic carbocycles. The van der Waals surface area contributed by atoms with E-state index in [1.807, 2.05) is 9.80 Å². The molecule has 0 spiro atoms.